The Morgan fingerprint density at radius 2 is 2.17 bits per heavy atom. The molecule has 1 rings (SSSR count). The molecule has 8 heteroatoms. The van der Waals surface area contributed by atoms with Gasteiger partial charge >= 0.3 is 6.03 Å². The zero-order valence-corrected chi connectivity index (χ0v) is 14.4. The molecule has 0 aromatic heterocycles. The zero-order chi connectivity index (χ0) is 17.1. The average molecular weight is 327 g/mol. The van der Waals surface area contributed by atoms with Gasteiger partial charge in [0.25, 0.3) is 0 Å². The van der Waals surface area contributed by atoms with Gasteiger partial charge in [-0.25, -0.2) is 4.79 Å². The number of rotatable bonds is 10. The Hall–Kier alpha value is -1.83. The molecule has 0 radical (unpaired) electrons. The lowest BCUT2D eigenvalue weighted by atomic mass is 10.2. The lowest BCUT2D eigenvalue weighted by molar-refractivity contribution is -0.124. The number of amides is 3. The first-order valence-electron chi connectivity index (χ1n) is 8.22. The van der Waals surface area contributed by atoms with E-state index in [-0.39, 0.29) is 18.5 Å². The fourth-order valence-corrected chi connectivity index (χ4v) is 1.99. The van der Waals surface area contributed by atoms with E-state index < -0.39 is 0 Å². The average Bonchev–Trinajstić information content (AvgIpc) is 2.82. The van der Waals surface area contributed by atoms with Gasteiger partial charge in [-0.3, -0.25) is 14.7 Å². The summed E-state index contributed by atoms with van der Waals surface area (Å²) < 4.78 is 5.51. The van der Waals surface area contributed by atoms with Crippen LogP contribution in [0.25, 0.3) is 0 Å². The number of aliphatic imine (C=N–C) groups is 1. The molecule has 0 aromatic carbocycles. The first-order valence-corrected chi connectivity index (χ1v) is 8.22. The van der Waals surface area contributed by atoms with Crippen molar-refractivity contribution < 1.29 is 14.3 Å². The van der Waals surface area contributed by atoms with Crippen LogP contribution in [-0.4, -0.2) is 68.7 Å². The molecule has 1 saturated heterocycles. The number of carbonyl (C=O) groups excluding carboxylic acids is 2. The molecule has 0 atom stereocenters. The van der Waals surface area contributed by atoms with Gasteiger partial charge in [0.2, 0.25) is 5.91 Å². The molecule has 0 saturated carbocycles. The number of ether oxygens (including phenoxy) is 1. The molecule has 0 bridgehead atoms. The summed E-state index contributed by atoms with van der Waals surface area (Å²) in [6, 6.07) is -0.332. The van der Waals surface area contributed by atoms with Gasteiger partial charge in [-0.05, 0) is 19.3 Å². The molecule has 132 valence electrons. The minimum absolute atomic E-state index is 0.0867. The Bertz CT molecular complexity index is 396. The minimum atomic E-state index is -0.332. The number of hydrogen-bond donors (Lipinski definition) is 3. The van der Waals surface area contributed by atoms with Gasteiger partial charge in [-0.15, -0.1) is 0 Å². The Morgan fingerprint density at radius 1 is 1.39 bits per heavy atom. The quantitative estimate of drug-likeness (QED) is 0.230. The fraction of sp³-hybridized carbons (Fsp3) is 0.800. The van der Waals surface area contributed by atoms with Crippen LogP contribution in [0.15, 0.2) is 4.99 Å². The smallest absolute Gasteiger partial charge is 0.324 e. The van der Waals surface area contributed by atoms with Crippen LogP contribution in [0.4, 0.5) is 4.79 Å². The summed E-state index contributed by atoms with van der Waals surface area (Å²) >= 11 is 0. The Kier molecular flexibility index (Phi) is 9.04. The number of hydrogen-bond acceptors (Lipinski definition) is 4. The highest BCUT2D eigenvalue weighted by molar-refractivity contribution is 6.01. The van der Waals surface area contributed by atoms with E-state index in [1.165, 1.54) is 4.90 Å². The second-order valence-electron chi connectivity index (χ2n) is 5.71. The Balaban J connectivity index is 2.23. The van der Waals surface area contributed by atoms with Gasteiger partial charge < -0.3 is 20.7 Å². The predicted octanol–water partition coefficient (Wildman–Crippen LogP) is 0.156. The van der Waals surface area contributed by atoms with Crippen LogP contribution in [0.3, 0.4) is 0 Å². The summed E-state index contributed by atoms with van der Waals surface area (Å²) in [5.41, 5.74) is 0. The summed E-state index contributed by atoms with van der Waals surface area (Å²) in [6.07, 6.45) is 0.857. The van der Waals surface area contributed by atoms with Crippen molar-refractivity contribution in [2.24, 2.45) is 10.9 Å². The van der Waals surface area contributed by atoms with Crippen LogP contribution in [0.5, 0.6) is 0 Å². The molecule has 23 heavy (non-hydrogen) atoms. The molecule has 3 amide bonds. The van der Waals surface area contributed by atoms with Gasteiger partial charge in [0.05, 0.1) is 6.54 Å². The van der Waals surface area contributed by atoms with Crippen LogP contribution in [0.2, 0.25) is 0 Å². The summed E-state index contributed by atoms with van der Waals surface area (Å²) in [5, 5.41) is 8.75. The number of imide groups is 1. The van der Waals surface area contributed by atoms with E-state index in [0.717, 1.165) is 19.6 Å². The molecule has 1 heterocycles. The third kappa shape index (κ3) is 7.83. The first-order chi connectivity index (χ1) is 11.0. The van der Waals surface area contributed by atoms with Crippen LogP contribution in [-0.2, 0) is 9.53 Å². The third-order valence-corrected chi connectivity index (χ3v) is 3.08. The largest absolute Gasteiger partial charge is 0.381 e. The van der Waals surface area contributed by atoms with Crippen molar-refractivity contribution in [1.82, 2.24) is 20.9 Å². The summed E-state index contributed by atoms with van der Waals surface area (Å²) in [4.78, 5) is 28.5. The standard InChI is InChI=1S/C15H29N5O3/c1-4-16-14(17-6-5-9-23-11-12(2)3)18-7-8-20-13(21)10-19-15(20)22/h12H,4-11H2,1-3H3,(H,19,22)(H2,16,17,18). The van der Waals surface area contributed by atoms with Crippen molar-refractivity contribution in [2.45, 2.75) is 27.2 Å². The topological polar surface area (TPSA) is 95.1 Å². The molecule has 8 nitrogen and oxygen atoms in total. The van der Waals surface area contributed by atoms with E-state index in [1.54, 1.807) is 0 Å². The SMILES string of the molecule is CCNC(=NCCCOCC(C)C)NCCN1C(=O)CNC1=O. The highest BCUT2D eigenvalue weighted by Crippen LogP contribution is 1.97. The Morgan fingerprint density at radius 3 is 2.78 bits per heavy atom. The molecule has 1 aliphatic heterocycles. The van der Waals surface area contributed by atoms with Gasteiger partial charge in [0.15, 0.2) is 5.96 Å². The van der Waals surface area contributed by atoms with Crippen LogP contribution in [0.1, 0.15) is 27.2 Å². The van der Waals surface area contributed by atoms with Crippen molar-refractivity contribution in [3.8, 4) is 0 Å². The first kappa shape index (κ1) is 19.2. The van der Waals surface area contributed by atoms with Crippen LogP contribution < -0.4 is 16.0 Å². The van der Waals surface area contributed by atoms with E-state index in [1.807, 2.05) is 6.92 Å². The van der Waals surface area contributed by atoms with Gasteiger partial charge in [-0.1, -0.05) is 13.8 Å². The zero-order valence-electron chi connectivity index (χ0n) is 14.4. The molecular formula is C15H29N5O3. The third-order valence-electron chi connectivity index (χ3n) is 3.08. The number of guanidine groups is 1. The molecule has 3 N–H and O–H groups in total. The highest BCUT2D eigenvalue weighted by Gasteiger charge is 2.27. The maximum atomic E-state index is 11.5. The van der Waals surface area contributed by atoms with Gasteiger partial charge in [0.1, 0.15) is 0 Å². The lowest BCUT2D eigenvalue weighted by Gasteiger charge is -2.15. The molecule has 1 fully saturated rings. The van der Waals surface area contributed by atoms with E-state index in [4.69, 9.17) is 4.74 Å². The number of urea groups is 1. The number of nitrogens with zero attached hydrogens (tertiary/aromatic N) is 2. The fourth-order valence-electron chi connectivity index (χ4n) is 1.99. The van der Waals surface area contributed by atoms with Crippen LogP contribution >= 0.6 is 0 Å². The molecule has 0 aliphatic carbocycles. The van der Waals surface area contributed by atoms with E-state index in [2.05, 4.69) is 34.8 Å². The summed E-state index contributed by atoms with van der Waals surface area (Å²) in [7, 11) is 0. The highest BCUT2D eigenvalue weighted by atomic mass is 16.5. The van der Waals surface area contributed by atoms with Crippen molar-refractivity contribution in [2.75, 3.05) is 45.9 Å². The second kappa shape index (κ2) is 10.8. The van der Waals surface area contributed by atoms with Crippen molar-refractivity contribution >= 4 is 17.9 Å². The minimum Gasteiger partial charge on any atom is -0.381 e. The summed E-state index contributed by atoms with van der Waals surface area (Å²) in [5.74, 6) is 1.03. The molecule has 1 aliphatic rings. The Labute approximate surface area is 138 Å². The summed E-state index contributed by atoms with van der Waals surface area (Å²) in [6.45, 7) is 9.99. The van der Waals surface area contributed by atoms with Gasteiger partial charge in [-0.2, -0.15) is 0 Å². The molecule has 0 spiro atoms. The van der Waals surface area contributed by atoms with Crippen molar-refractivity contribution in [3.63, 3.8) is 0 Å². The maximum Gasteiger partial charge on any atom is 0.324 e. The molecule has 0 unspecified atom stereocenters. The monoisotopic (exact) mass is 327 g/mol. The second-order valence-corrected chi connectivity index (χ2v) is 5.71. The van der Waals surface area contributed by atoms with E-state index >= 15 is 0 Å². The van der Waals surface area contributed by atoms with Gasteiger partial charge in [0, 0.05) is 39.4 Å². The number of nitrogens with one attached hydrogen (secondary N) is 3. The molecular weight excluding hydrogens is 298 g/mol. The lowest BCUT2D eigenvalue weighted by Crippen LogP contribution is -2.43. The normalized spacial score (nSPS) is 15.3. The predicted molar refractivity (Wildman–Crippen MR) is 89.4 cm³/mol. The van der Waals surface area contributed by atoms with E-state index in [9.17, 15) is 9.59 Å². The number of carbonyl (C=O) groups is 2. The maximum absolute atomic E-state index is 11.5. The van der Waals surface area contributed by atoms with E-state index in [0.29, 0.717) is 38.1 Å². The van der Waals surface area contributed by atoms with Crippen molar-refractivity contribution in [3.05, 3.63) is 0 Å². The molecule has 0 aromatic rings. The van der Waals surface area contributed by atoms with Crippen LogP contribution in [0, 0.1) is 5.92 Å². The van der Waals surface area contributed by atoms with Crippen molar-refractivity contribution in [1.29, 1.82) is 0 Å².